The van der Waals surface area contributed by atoms with Crippen LogP contribution in [0.25, 0.3) is 0 Å². The first-order valence-corrected chi connectivity index (χ1v) is 12.1. The Morgan fingerprint density at radius 2 is 1.71 bits per heavy atom. The van der Waals surface area contributed by atoms with Crippen molar-refractivity contribution >= 4 is 17.7 Å². The number of rotatable bonds is 10. The van der Waals surface area contributed by atoms with Crippen LogP contribution in [-0.4, -0.2) is 65.8 Å². The summed E-state index contributed by atoms with van der Waals surface area (Å²) < 4.78 is 0. The molecule has 0 bridgehead atoms. The molecule has 2 aromatic carbocycles. The Morgan fingerprint density at radius 3 is 2.32 bits per heavy atom. The Bertz CT molecular complexity index is 949. The van der Waals surface area contributed by atoms with Gasteiger partial charge in [-0.15, -0.1) is 0 Å². The quantitative estimate of drug-likeness (QED) is 0.565. The standard InChI is InChI=1S/C27H36N4O3/c1-20(2)25(29-24(32)18-28)27(34)31-16-9-14-23(31)19-30(17-15-21-10-5-3-6-11-21)26(33)22-12-7-4-8-13-22/h3-8,10-13,20,23,25H,9,14-19,28H2,1-2H3,(H,29,32)/t23-,25-/m0/s1. The Hall–Kier alpha value is -3.19. The fourth-order valence-corrected chi connectivity index (χ4v) is 4.44. The van der Waals surface area contributed by atoms with Crippen LogP contribution in [0, 0.1) is 5.92 Å². The monoisotopic (exact) mass is 464 g/mol. The van der Waals surface area contributed by atoms with Gasteiger partial charge in [-0.2, -0.15) is 0 Å². The molecule has 7 nitrogen and oxygen atoms in total. The molecule has 1 aliphatic heterocycles. The lowest BCUT2D eigenvalue weighted by molar-refractivity contribution is -0.138. The van der Waals surface area contributed by atoms with Crippen molar-refractivity contribution in [3.8, 4) is 0 Å². The van der Waals surface area contributed by atoms with Crippen LogP contribution in [0.15, 0.2) is 60.7 Å². The number of nitrogens with two attached hydrogens (primary N) is 1. The lowest BCUT2D eigenvalue weighted by atomic mass is 10.0. The highest BCUT2D eigenvalue weighted by Crippen LogP contribution is 2.22. The first-order valence-electron chi connectivity index (χ1n) is 12.1. The number of carbonyl (C=O) groups excluding carboxylic acids is 3. The summed E-state index contributed by atoms with van der Waals surface area (Å²) in [5, 5.41) is 2.78. The van der Waals surface area contributed by atoms with Gasteiger partial charge in [0.2, 0.25) is 11.8 Å². The maximum Gasteiger partial charge on any atom is 0.253 e. The van der Waals surface area contributed by atoms with Crippen molar-refractivity contribution in [1.82, 2.24) is 15.1 Å². The van der Waals surface area contributed by atoms with E-state index < -0.39 is 6.04 Å². The van der Waals surface area contributed by atoms with Crippen LogP contribution < -0.4 is 11.1 Å². The summed E-state index contributed by atoms with van der Waals surface area (Å²) in [6.07, 6.45) is 2.44. The second-order valence-corrected chi connectivity index (χ2v) is 9.17. The van der Waals surface area contributed by atoms with Crippen LogP contribution in [0.3, 0.4) is 0 Å². The summed E-state index contributed by atoms with van der Waals surface area (Å²) in [6.45, 7) is 5.32. The Kier molecular flexibility index (Phi) is 9.22. The SMILES string of the molecule is CC(C)[C@H](NC(=O)CN)C(=O)N1CCC[C@H]1CN(CCc1ccccc1)C(=O)c1ccccc1. The summed E-state index contributed by atoms with van der Waals surface area (Å²) >= 11 is 0. The molecule has 2 atom stereocenters. The predicted molar refractivity (Wildman–Crippen MR) is 133 cm³/mol. The molecule has 3 rings (SSSR count). The smallest absolute Gasteiger partial charge is 0.253 e. The van der Waals surface area contributed by atoms with Gasteiger partial charge in [0.05, 0.1) is 6.54 Å². The van der Waals surface area contributed by atoms with Crippen LogP contribution >= 0.6 is 0 Å². The molecule has 1 aliphatic rings. The van der Waals surface area contributed by atoms with Gasteiger partial charge in [0.1, 0.15) is 6.04 Å². The zero-order chi connectivity index (χ0) is 24.5. The van der Waals surface area contributed by atoms with E-state index in [1.165, 1.54) is 0 Å². The van der Waals surface area contributed by atoms with Gasteiger partial charge < -0.3 is 20.9 Å². The molecule has 1 fully saturated rings. The minimum absolute atomic E-state index is 0.0346. The lowest BCUT2D eigenvalue weighted by Gasteiger charge is -2.34. The predicted octanol–water partition coefficient (Wildman–Crippen LogP) is 2.46. The fraction of sp³-hybridized carbons (Fsp3) is 0.444. The van der Waals surface area contributed by atoms with Gasteiger partial charge in [0.25, 0.3) is 5.91 Å². The van der Waals surface area contributed by atoms with Crippen molar-refractivity contribution in [2.75, 3.05) is 26.2 Å². The third-order valence-corrected chi connectivity index (χ3v) is 6.35. The lowest BCUT2D eigenvalue weighted by Crippen LogP contribution is -2.55. The number of nitrogens with zero attached hydrogens (tertiary/aromatic N) is 2. The highest BCUT2D eigenvalue weighted by molar-refractivity contribution is 5.94. The van der Waals surface area contributed by atoms with Crippen LogP contribution in [-0.2, 0) is 16.0 Å². The number of carbonyl (C=O) groups is 3. The average Bonchev–Trinajstić information content (AvgIpc) is 3.33. The van der Waals surface area contributed by atoms with Crippen molar-refractivity contribution in [3.05, 3.63) is 71.8 Å². The largest absolute Gasteiger partial charge is 0.343 e. The molecule has 1 saturated heterocycles. The van der Waals surface area contributed by atoms with Gasteiger partial charge in [-0.3, -0.25) is 14.4 Å². The van der Waals surface area contributed by atoms with E-state index in [-0.39, 0.29) is 36.2 Å². The van der Waals surface area contributed by atoms with Crippen molar-refractivity contribution in [3.63, 3.8) is 0 Å². The van der Waals surface area contributed by atoms with Crippen molar-refractivity contribution in [1.29, 1.82) is 0 Å². The third kappa shape index (κ3) is 6.67. The van der Waals surface area contributed by atoms with E-state index in [0.29, 0.717) is 25.2 Å². The number of amides is 3. The zero-order valence-electron chi connectivity index (χ0n) is 20.2. The van der Waals surface area contributed by atoms with E-state index in [4.69, 9.17) is 5.73 Å². The van der Waals surface area contributed by atoms with Crippen molar-refractivity contribution < 1.29 is 14.4 Å². The molecule has 0 radical (unpaired) electrons. The van der Waals surface area contributed by atoms with E-state index in [1.54, 1.807) is 0 Å². The van der Waals surface area contributed by atoms with Crippen molar-refractivity contribution in [2.45, 2.75) is 45.2 Å². The molecule has 3 amide bonds. The topological polar surface area (TPSA) is 95.7 Å². The molecule has 2 aromatic rings. The Morgan fingerprint density at radius 1 is 1.06 bits per heavy atom. The van der Waals surface area contributed by atoms with E-state index in [0.717, 1.165) is 24.8 Å². The van der Waals surface area contributed by atoms with E-state index in [9.17, 15) is 14.4 Å². The van der Waals surface area contributed by atoms with Gasteiger partial charge >= 0.3 is 0 Å². The fourth-order valence-electron chi connectivity index (χ4n) is 4.44. The van der Waals surface area contributed by atoms with Gasteiger partial charge in [-0.05, 0) is 42.9 Å². The maximum atomic E-state index is 13.4. The van der Waals surface area contributed by atoms with E-state index in [2.05, 4.69) is 17.4 Å². The van der Waals surface area contributed by atoms with Gasteiger partial charge in [0.15, 0.2) is 0 Å². The number of hydrogen-bond donors (Lipinski definition) is 2. The Balaban J connectivity index is 1.77. The molecule has 0 spiro atoms. The third-order valence-electron chi connectivity index (χ3n) is 6.35. The highest BCUT2D eigenvalue weighted by atomic mass is 16.2. The van der Waals surface area contributed by atoms with Crippen molar-refractivity contribution in [2.24, 2.45) is 11.7 Å². The van der Waals surface area contributed by atoms with Gasteiger partial charge in [0, 0.05) is 31.2 Å². The average molecular weight is 465 g/mol. The molecule has 0 aromatic heterocycles. The molecular weight excluding hydrogens is 428 g/mol. The zero-order valence-corrected chi connectivity index (χ0v) is 20.2. The number of nitrogens with one attached hydrogen (secondary N) is 1. The molecule has 34 heavy (non-hydrogen) atoms. The van der Waals surface area contributed by atoms with Crippen LogP contribution in [0.1, 0.15) is 42.6 Å². The molecule has 0 aliphatic carbocycles. The van der Waals surface area contributed by atoms with E-state index in [1.807, 2.05) is 72.2 Å². The van der Waals surface area contributed by atoms with Crippen LogP contribution in [0.4, 0.5) is 0 Å². The van der Waals surface area contributed by atoms with Crippen LogP contribution in [0.5, 0.6) is 0 Å². The molecule has 182 valence electrons. The summed E-state index contributed by atoms with van der Waals surface area (Å²) in [5.41, 5.74) is 7.26. The van der Waals surface area contributed by atoms with E-state index >= 15 is 0 Å². The number of likely N-dealkylation sites (tertiary alicyclic amines) is 1. The highest BCUT2D eigenvalue weighted by Gasteiger charge is 2.36. The molecule has 7 heteroatoms. The van der Waals surface area contributed by atoms with Gasteiger partial charge in [-0.25, -0.2) is 0 Å². The minimum atomic E-state index is -0.626. The maximum absolute atomic E-state index is 13.4. The molecular formula is C27H36N4O3. The first kappa shape index (κ1) is 25.4. The first-order chi connectivity index (χ1) is 16.4. The normalized spacial score (nSPS) is 16.4. The second kappa shape index (κ2) is 12.3. The molecule has 1 heterocycles. The minimum Gasteiger partial charge on any atom is -0.343 e. The molecule has 0 saturated carbocycles. The summed E-state index contributed by atoms with van der Waals surface area (Å²) in [5.74, 6) is -0.543. The number of benzene rings is 2. The van der Waals surface area contributed by atoms with Gasteiger partial charge in [-0.1, -0.05) is 62.4 Å². The Labute approximate surface area is 202 Å². The number of hydrogen-bond acceptors (Lipinski definition) is 4. The summed E-state index contributed by atoms with van der Waals surface area (Å²) in [6, 6.07) is 18.6. The molecule has 3 N–H and O–H groups in total. The summed E-state index contributed by atoms with van der Waals surface area (Å²) in [7, 11) is 0. The van der Waals surface area contributed by atoms with Crippen LogP contribution in [0.2, 0.25) is 0 Å². The second-order valence-electron chi connectivity index (χ2n) is 9.17. The summed E-state index contributed by atoms with van der Waals surface area (Å²) in [4.78, 5) is 42.4. The molecule has 0 unspecified atom stereocenters.